The summed E-state index contributed by atoms with van der Waals surface area (Å²) < 4.78 is 29.7. The number of rotatable bonds is 7. The Labute approximate surface area is 250 Å². The number of nitrogens with zero attached hydrogens (tertiary/aromatic N) is 1. The largest absolute Gasteiger partial charge is 0.477 e. The van der Waals surface area contributed by atoms with Crippen molar-refractivity contribution in [2.45, 2.75) is 6.54 Å². The summed E-state index contributed by atoms with van der Waals surface area (Å²) in [5.41, 5.74) is 4.18. The van der Waals surface area contributed by atoms with E-state index in [0.29, 0.717) is 27.1 Å². The number of hydrogen-bond acceptors (Lipinski definition) is 2. The first kappa shape index (κ1) is 27.9. The van der Waals surface area contributed by atoms with Crippen molar-refractivity contribution in [3.8, 4) is 22.3 Å². The van der Waals surface area contributed by atoms with Gasteiger partial charge in [-0.25, -0.2) is 13.6 Å². The van der Waals surface area contributed by atoms with Crippen molar-refractivity contribution in [3.05, 3.63) is 149 Å². The number of benzene rings is 5. The van der Waals surface area contributed by atoms with Crippen molar-refractivity contribution in [3.63, 3.8) is 0 Å². The Morgan fingerprint density at radius 2 is 1.40 bits per heavy atom. The van der Waals surface area contributed by atoms with Gasteiger partial charge in [0.05, 0.1) is 11.2 Å². The molecule has 6 aromatic rings. The molecule has 1 heterocycles. The first-order chi connectivity index (χ1) is 20.8. The fourth-order valence-corrected chi connectivity index (χ4v) is 5.42. The third-order valence-electron chi connectivity index (χ3n) is 7.19. The zero-order valence-electron chi connectivity index (χ0n) is 22.5. The number of carbonyl (C=O) groups excluding carboxylic acids is 1. The molecule has 5 aromatic carbocycles. The van der Waals surface area contributed by atoms with E-state index < -0.39 is 23.5 Å². The molecule has 8 heteroatoms. The average Bonchev–Trinajstić information content (AvgIpc) is 3.29. The molecule has 0 spiro atoms. The number of hydrogen-bond donors (Lipinski definition) is 2. The standard InChI is InChI=1S/C35H23ClF2N2O3/c36-27-8-4-5-21(15-27)20-40-31-18-25(26-16-28(37)19-29(38)17-26)13-14-30(31)32(33(40)35(42)43)39-34(41)24-11-9-23(10-12-24)22-6-2-1-3-7-22/h1-19H,20H2,(H,39,41)(H,42,43). The van der Waals surface area contributed by atoms with Gasteiger partial charge in [-0.2, -0.15) is 0 Å². The Morgan fingerprint density at radius 1 is 0.721 bits per heavy atom. The SMILES string of the molecule is O=C(Nc1c(C(=O)O)n(Cc2cccc(Cl)c2)c2cc(-c3cc(F)cc(F)c3)ccc12)c1ccc(-c2ccccc2)cc1. The van der Waals surface area contributed by atoms with Gasteiger partial charge in [-0.1, -0.05) is 78.3 Å². The lowest BCUT2D eigenvalue weighted by Crippen LogP contribution is -2.16. The molecule has 0 aliphatic rings. The quantitative estimate of drug-likeness (QED) is 0.194. The van der Waals surface area contributed by atoms with Crippen molar-refractivity contribution in [1.29, 1.82) is 0 Å². The summed E-state index contributed by atoms with van der Waals surface area (Å²) in [5, 5.41) is 14.1. The smallest absolute Gasteiger partial charge is 0.354 e. The van der Waals surface area contributed by atoms with Crippen LogP contribution in [0.15, 0.2) is 115 Å². The van der Waals surface area contributed by atoms with Gasteiger partial charge in [0.25, 0.3) is 5.91 Å². The van der Waals surface area contributed by atoms with E-state index in [1.165, 1.54) is 12.1 Å². The minimum atomic E-state index is -1.26. The number of carboxylic acids is 1. The summed E-state index contributed by atoms with van der Waals surface area (Å²) in [6.45, 7) is 0.112. The zero-order valence-corrected chi connectivity index (χ0v) is 23.3. The maximum absolute atomic E-state index is 14.0. The van der Waals surface area contributed by atoms with Gasteiger partial charge >= 0.3 is 5.97 Å². The van der Waals surface area contributed by atoms with E-state index in [0.717, 1.165) is 22.8 Å². The predicted octanol–water partition coefficient (Wildman–Crippen LogP) is 8.91. The summed E-state index contributed by atoms with van der Waals surface area (Å²) in [6.07, 6.45) is 0. The van der Waals surface area contributed by atoms with Crippen LogP contribution in [0.5, 0.6) is 0 Å². The molecule has 5 nitrogen and oxygen atoms in total. The number of amides is 1. The van der Waals surface area contributed by atoms with E-state index in [2.05, 4.69) is 5.32 Å². The lowest BCUT2D eigenvalue weighted by Gasteiger charge is -2.11. The second kappa shape index (κ2) is 11.5. The van der Waals surface area contributed by atoms with Crippen LogP contribution in [0.4, 0.5) is 14.5 Å². The fourth-order valence-electron chi connectivity index (χ4n) is 5.21. The third-order valence-corrected chi connectivity index (χ3v) is 7.42. The van der Waals surface area contributed by atoms with Gasteiger partial charge in [0.15, 0.2) is 5.69 Å². The molecule has 0 bridgehead atoms. The lowest BCUT2D eigenvalue weighted by atomic mass is 10.0. The molecule has 0 saturated heterocycles. The van der Waals surface area contributed by atoms with Crippen LogP contribution < -0.4 is 5.32 Å². The molecule has 0 aliphatic heterocycles. The van der Waals surface area contributed by atoms with Gasteiger partial charge in [0.1, 0.15) is 11.6 Å². The van der Waals surface area contributed by atoms with Crippen LogP contribution in [0.1, 0.15) is 26.4 Å². The topological polar surface area (TPSA) is 71.3 Å². The highest BCUT2D eigenvalue weighted by Gasteiger charge is 2.25. The predicted molar refractivity (Wildman–Crippen MR) is 165 cm³/mol. The molecular weight excluding hydrogens is 570 g/mol. The molecule has 0 atom stereocenters. The van der Waals surface area contributed by atoms with Gasteiger partial charge < -0.3 is 15.0 Å². The summed E-state index contributed by atoms with van der Waals surface area (Å²) >= 11 is 6.21. The highest BCUT2D eigenvalue weighted by Crippen LogP contribution is 2.36. The van der Waals surface area contributed by atoms with E-state index in [1.807, 2.05) is 48.5 Å². The molecule has 6 rings (SSSR count). The Hall–Kier alpha value is -5.27. The van der Waals surface area contributed by atoms with Gasteiger partial charge in [-0.05, 0) is 70.3 Å². The van der Waals surface area contributed by atoms with E-state index in [9.17, 15) is 23.5 Å². The molecule has 43 heavy (non-hydrogen) atoms. The Balaban J connectivity index is 1.46. The number of fused-ring (bicyclic) bond motifs is 1. The van der Waals surface area contributed by atoms with E-state index in [-0.39, 0.29) is 23.5 Å². The number of aromatic nitrogens is 1. The maximum Gasteiger partial charge on any atom is 0.354 e. The summed E-state index contributed by atoms with van der Waals surface area (Å²) in [6, 6.07) is 31.9. The van der Waals surface area contributed by atoms with Crippen LogP contribution in [0.3, 0.4) is 0 Å². The Kier molecular flexibility index (Phi) is 7.49. The molecule has 212 valence electrons. The highest BCUT2D eigenvalue weighted by molar-refractivity contribution is 6.30. The van der Waals surface area contributed by atoms with Crippen molar-refractivity contribution < 1.29 is 23.5 Å². The van der Waals surface area contributed by atoms with Crippen molar-refractivity contribution in [1.82, 2.24) is 4.57 Å². The van der Waals surface area contributed by atoms with Crippen LogP contribution in [0, 0.1) is 11.6 Å². The Morgan fingerprint density at radius 3 is 2.07 bits per heavy atom. The van der Waals surface area contributed by atoms with Crippen molar-refractivity contribution in [2.75, 3.05) is 5.32 Å². The molecule has 0 fully saturated rings. The number of nitrogens with one attached hydrogen (secondary N) is 1. The van der Waals surface area contributed by atoms with Crippen LogP contribution in [0.2, 0.25) is 5.02 Å². The monoisotopic (exact) mass is 592 g/mol. The van der Waals surface area contributed by atoms with Gasteiger partial charge in [0, 0.05) is 28.6 Å². The number of anilines is 1. The molecule has 1 amide bonds. The average molecular weight is 593 g/mol. The van der Waals surface area contributed by atoms with Gasteiger partial charge in [0.2, 0.25) is 0 Å². The molecule has 0 saturated carbocycles. The molecular formula is C35H23ClF2N2O3. The van der Waals surface area contributed by atoms with E-state index in [4.69, 9.17) is 11.6 Å². The van der Waals surface area contributed by atoms with E-state index in [1.54, 1.807) is 53.1 Å². The summed E-state index contributed by atoms with van der Waals surface area (Å²) in [4.78, 5) is 26.2. The lowest BCUT2D eigenvalue weighted by molar-refractivity contribution is 0.0687. The highest BCUT2D eigenvalue weighted by atomic mass is 35.5. The molecule has 1 aromatic heterocycles. The molecule has 0 aliphatic carbocycles. The van der Waals surface area contributed by atoms with Crippen LogP contribution in [-0.2, 0) is 6.54 Å². The van der Waals surface area contributed by atoms with E-state index >= 15 is 0 Å². The minimum absolute atomic E-state index is 0.110. The Bertz CT molecular complexity index is 1980. The molecule has 2 N–H and O–H groups in total. The second-order valence-electron chi connectivity index (χ2n) is 10.0. The number of aromatic carboxylic acids is 1. The van der Waals surface area contributed by atoms with Crippen LogP contribution in [0.25, 0.3) is 33.2 Å². The number of carboxylic acid groups (broad SMARTS) is 1. The van der Waals surface area contributed by atoms with Gasteiger partial charge in [-0.3, -0.25) is 4.79 Å². The van der Waals surface area contributed by atoms with Crippen LogP contribution in [-0.4, -0.2) is 21.6 Å². The first-order valence-corrected chi connectivity index (χ1v) is 13.7. The third kappa shape index (κ3) is 5.76. The molecule has 0 unspecified atom stereocenters. The second-order valence-corrected chi connectivity index (χ2v) is 10.5. The van der Waals surface area contributed by atoms with Crippen molar-refractivity contribution >= 4 is 40.1 Å². The molecule has 0 radical (unpaired) electrons. The normalized spacial score (nSPS) is 11.0. The van der Waals surface area contributed by atoms with Crippen molar-refractivity contribution in [2.24, 2.45) is 0 Å². The summed E-state index contributed by atoms with van der Waals surface area (Å²) in [7, 11) is 0. The number of halogens is 3. The number of carbonyl (C=O) groups is 2. The van der Waals surface area contributed by atoms with Crippen LogP contribution >= 0.6 is 11.6 Å². The minimum Gasteiger partial charge on any atom is -0.477 e. The zero-order chi connectivity index (χ0) is 30.1. The fraction of sp³-hybridized carbons (Fsp3) is 0.0286. The first-order valence-electron chi connectivity index (χ1n) is 13.3. The summed E-state index contributed by atoms with van der Waals surface area (Å²) in [5.74, 6) is -3.21. The maximum atomic E-state index is 14.0. The van der Waals surface area contributed by atoms with Gasteiger partial charge in [-0.15, -0.1) is 0 Å².